The van der Waals surface area contributed by atoms with Gasteiger partial charge in [-0.05, 0) is 55.0 Å². The van der Waals surface area contributed by atoms with Gasteiger partial charge in [0, 0.05) is 17.7 Å². The van der Waals surface area contributed by atoms with Crippen LogP contribution in [0.4, 0.5) is 0 Å². The van der Waals surface area contributed by atoms with Crippen LogP contribution in [-0.2, 0) is 16.1 Å². The zero-order valence-electron chi connectivity index (χ0n) is 19.8. The van der Waals surface area contributed by atoms with Crippen molar-refractivity contribution >= 4 is 23.4 Å². The number of hydrogen-bond acceptors (Lipinski definition) is 6. The number of rotatable bonds is 8. The molecule has 0 aliphatic carbocycles. The van der Waals surface area contributed by atoms with Crippen LogP contribution in [0.15, 0.2) is 78.4 Å². The molecule has 0 aromatic heterocycles. The third-order valence-corrected chi connectivity index (χ3v) is 5.97. The Labute approximate surface area is 208 Å². The molecule has 0 saturated carbocycles. The molecule has 1 aliphatic rings. The number of carbonyl (C=O) groups excluding carboxylic acids is 2. The highest BCUT2D eigenvalue weighted by Gasteiger charge is 2.47. The molecule has 4 rings (SSSR count). The SMILES string of the molecule is CCOc1ccc(/C(O)=C2\C(=O)C(=O)N(Cc3ccc(C(=O)O)cc3)C2c2ccccc2OC)cc1. The normalized spacial score (nSPS) is 16.7. The van der Waals surface area contributed by atoms with Crippen molar-refractivity contribution in [1.82, 2.24) is 4.90 Å². The molecule has 1 fully saturated rings. The topological polar surface area (TPSA) is 113 Å². The van der Waals surface area contributed by atoms with Gasteiger partial charge in [0.25, 0.3) is 11.7 Å². The summed E-state index contributed by atoms with van der Waals surface area (Å²) in [7, 11) is 1.49. The second kappa shape index (κ2) is 10.4. The van der Waals surface area contributed by atoms with E-state index in [1.807, 2.05) is 6.92 Å². The number of para-hydroxylation sites is 1. The average molecular weight is 488 g/mol. The molecule has 1 heterocycles. The van der Waals surface area contributed by atoms with Crippen LogP contribution in [0.1, 0.15) is 40.0 Å². The van der Waals surface area contributed by atoms with E-state index in [0.717, 1.165) is 0 Å². The van der Waals surface area contributed by atoms with Crippen molar-refractivity contribution in [1.29, 1.82) is 0 Å². The van der Waals surface area contributed by atoms with E-state index >= 15 is 0 Å². The first-order valence-corrected chi connectivity index (χ1v) is 11.3. The Hall–Kier alpha value is -4.59. The van der Waals surface area contributed by atoms with Gasteiger partial charge < -0.3 is 24.6 Å². The fourth-order valence-corrected chi connectivity index (χ4v) is 4.24. The third-order valence-electron chi connectivity index (χ3n) is 5.97. The molecular weight excluding hydrogens is 462 g/mol. The van der Waals surface area contributed by atoms with Crippen LogP contribution in [-0.4, -0.2) is 46.5 Å². The van der Waals surface area contributed by atoms with Crippen molar-refractivity contribution in [3.8, 4) is 11.5 Å². The Balaban J connectivity index is 1.82. The number of aliphatic hydroxyl groups is 1. The first-order valence-electron chi connectivity index (χ1n) is 11.3. The van der Waals surface area contributed by atoms with Gasteiger partial charge in [0.1, 0.15) is 17.3 Å². The number of aromatic carboxylic acids is 1. The molecule has 8 nitrogen and oxygen atoms in total. The molecule has 1 aliphatic heterocycles. The van der Waals surface area contributed by atoms with Crippen molar-refractivity contribution in [2.24, 2.45) is 0 Å². The van der Waals surface area contributed by atoms with Crippen molar-refractivity contribution in [3.63, 3.8) is 0 Å². The van der Waals surface area contributed by atoms with Gasteiger partial charge in [-0.3, -0.25) is 9.59 Å². The number of ketones is 1. The smallest absolute Gasteiger partial charge is 0.335 e. The van der Waals surface area contributed by atoms with Gasteiger partial charge in [-0.25, -0.2) is 4.79 Å². The minimum absolute atomic E-state index is 0.0211. The molecule has 1 atom stereocenters. The van der Waals surface area contributed by atoms with E-state index in [9.17, 15) is 24.6 Å². The number of methoxy groups -OCH3 is 1. The Bertz CT molecular complexity index is 1330. The molecule has 1 saturated heterocycles. The lowest BCUT2D eigenvalue weighted by molar-refractivity contribution is -0.140. The van der Waals surface area contributed by atoms with E-state index in [1.165, 1.54) is 24.1 Å². The number of carbonyl (C=O) groups is 3. The van der Waals surface area contributed by atoms with Crippen LogP contribution in [0.25, 0.3) is 5.76 Å². The first-order chi connectivity index (χ1) is 17.3. The molecule has 1 amide bonds. The van der Waals surface area contributed by atoms with E-state index in [-0.39, 0.29) is 23.4 Å². The zero-order chi connectivity index (χ0) is 25.8. The van der Waals surface area contributed by atoms with Crippen LogP contribution in [0.5, 0.6) is 11.5 Å². The van der Waals surface area contributed by atoms with Crippen LogP contribution < -0.4 is 9.47 Å². The number of carboxylic acids is 1. The fourth-order valence-electron chi connectivity index (χ4n) is 4.24. The molecule has 0 bridgehead atoms. The van der Waals surface area contributed by atoms with Gasteiger partial charge in [0.05, 0.1) is 30.9 Å². The van der Waals surface area contributed by atoms with Gasteiger partial charge in [0.15, 0.2) is 0 Å². The summed E-state index contributed by atoms with van der Waals surface area (Å²) in [6, 6.07) is 18.7. The summed E-state index contributed by atoms with van der Waals surface area (Å²) >= 11 is 0. The third kappa shape index (κ3) is 4.65. The molecule has 0 spiro atoms. The Morgan fingerprint density at radius 2 is 1.56 bits per heavy atom. The fraction of sp³-hybridized carbons (Fsp3) is 0.179. The van der Waals surface area contributed by atoms with Crippen LogP contribution >= 0.6 is 0 Å². The number of aliphatic hydroxyl groups excluding tert-OH is 1. The van der Waals surface area contributed by atoms with Gasteiger partial charge >= 0.3 is 5.97 Å². The minimum Gasteiger partial charge on any atom is -0.507 e. The Morgan fingerprint density at radius 3 is 2.17 bits per heavy atom. The summed E-state index contributed by atoms with van der Waals surface area (Å²) in [6.07, 6.45) is 0. The number of likely N-dealkylation sites (tertiary alicyclic amines) is 1. The van der Waals surface area contributed by atoms with E-state index in [4.69, 9.17) is 9.47 Å². The first kappa shape index (κ1) is 24.5. The van der Waals surface area contributed by atoms with Crippen molar-refractivity contribution in [2.45, 2.75) is 19.5 Å². The van der Waals surface area contributed by atoms with E-state index < -0.39 is 23.7 Å². The summed E-state index contributed by atoms with van der Waals surface area (Å²) in [4.78, 5) is 39.1. The second-order valence-electron chi connectivity index (χ2n) is 8.13. The maximum absolute atomic E-state index is 13.3. The number of amides is 1. The standard InChI is InChI=1S/C28H25NO7/c1-3-36-20-14-12-18(13-15-20)25(30)23-24(21-6-4-5-7-22(21)35-2)29(27(32)26(23)31)16-17-8-10-19(11-9-17)28(33)34/h4-15,24,30H,3,16H2,1-2H3,(H,33,34)/b25-23+. The molecule has 3 aromatic rings. The van der Waals surface area contributed by atoms with E-state index in [2.05, 4.69) is 0 Å². The summed E-state index contributed by atoms with van der Waals surface area (Å²) in [5.74, 6) is -1.91. The summed E-state index contributed by atoms with van der Waals surface area (Å²) < 4.78 is 11.0. The predicted molar refractivity (Wildman–Crippen MR) is 132 cm³/mol. The molecule has 3 aromatic carbocycles. The lowest BCUT2D eigenvalue weighted by Crippen LogP contribution is -2.29. The van der Waals surface area contributed by atoms with Gasteiger partial charge in [-0.1, -0.05) is 30.3 Å². The van der Waals surface area contributed by atoms with Crippen molar-refractivity contribution < 1.29 is 34.1 Å². The maximum Gasteiger partial charge on any atom is 0.335 e. The number of ether oxygens (including phenoxy) is 2. The molecule has 2 N–H and O–H groups in total. The molecule has 36 heavy (non-hydrogen) atoms. The largest absolute Gasteiger partial charge is 0.507 e. The highest BCUT2D eigenvalue weighted by atomic mass is 16.5. The van der Waals surface area contributed by atoms with Crippen LogP contribution in [0, 0.1) is 0 Å². The highest BCUT2D eigenvalue weighted by Crippen LogP contribution is 2.43. The molecular formula is C28H25NO7. The lowest BCUT2D eigenvalue weighted by Gasteiger charge is -2.26. The average Bonchev–Trinajstić information content (AvgIpc) is 3.14. The number of carboxylic acid groups (broad SMARTS) is 1. The van der Waals surface area contributed by atoms with Crippen LogP contribution in [0.3, 0.4) is 0 Å². The van der Waals surface area contributed by atoms with E-state index in [1.54, 1.807) is 60.7 Å². The minimum atomic E-state index is -1.06. The van der Waals surface area contributed by atoms with Gasteiger partial charge in [-0.2, -0.15) is 0 Å². The van der Waals surface area contributed by atoms with Crippen molar-refractivity contribution in [3.05, 3.63) is 101 Å². The Morgan fingerprint density at radius 1 is 0.917 bits per heavy atom. The second-order valence-corrected chi connectivity index (χ2v) is 8.13. The Kier molecular flexibility index (Phi) is 7.05. The molecule has 8 heteroatoms. The summed E-state index contributed by atoms with van der Waals surface area (Å²) in [6.45, 7) is 2.36. The predicted octanol–water partition coefficient (Wildman–Crippen LogP) is 4.41. The van der Waals surface area contributed by atoms with Crippen LogP contribution in [0.2, 0.25) is 0 Å². The van der Waals surface area contributed by atoms with Gasteiger partial charge in [0.2, 0.25) is 0 Å². The summed E-state index contributed by atoms with van der Waals surface area (Å²) in [5.41, 5.74) is 1.58. The molecule has 1 unspecified atom stereocenters. The number of Topliss-reactive ketones (excluding diaryl/α,β-unsaturated/α-hetero) is 1. The molecule has 0 radical (unpaired) electrons. The van der Waals surface area contributed by atoms with Crippen molar-refractivity contribution in [2.75, 3.05) is 13.7 Å². The lowest BCUT2D eigenvalue weighted by atomic mass is 9.94. The highest BCUT2D eigenvalue weighted by molar-refractivity contribution is 6.46. The zero-order valence-corrected chi connectivity index (χ0v) is 19.8. The number of hydrogen-bond donors (Lipinski definition) is 2. The number of nitrogens with zero attached hydrogens (tertiary/aromatic N) is 1. The van der Waals surface area contributed by atoms with Gasteiger partial charge in [-0.15, -0.1) is 0 Å². The summed E-state index contributed by atoms with van der Waals surface area (Å²) in [5, 5.41) is 20.4. The monoisotopic (exact) mass is 487 g/mol. The van der Waals surface area contributed by atoms with E-state index in [0.29, 0.717) is 34.8 Å². The number of benzene rings is 3. The quantitative estimate of drug-likeness (QED) is 0.275. The maximum atomic E-state index is 13.3. The molecule has 184 valence electrons.